The first-order chi connectivity index (χ1) is 12.6. The van der Waals surface area contributed by atoms with Crippen molar-refractivity contribution in [1.29, 1.82) is 0 Å². The van der Waals surface area contributed by atoms with Crippen LogP contribution >= 0.6 is 11.6 Å². The van der Waals surface area contributed by atoms with Gasteiger partial charge in [0, 0.05) is 23.7 Å². The summed E-state index contributed by atoms with van der Waals surface area (Å²) in [5.74, 6) is -1.27. The van der Waals surface area contributed by atoms with E-state index in [1.807, 2.05) is 0 Å². The number of carbonyl (C=O) groups is 2. The number of halogens is 4. The van der Waals surface area contributed by atoms with Crippen LogP contribution in [0.5, 0.6) is 5.75 Å². The van der Waals surface area contributed by atoms with Gasteiger partial charge in [0.1, 0.15) is 5.75 Å². The molecule has 0 radical (unpaired) electrons. The highest BCUT2D eigenvalue weighted by Gasteiger charge is 2.31. The Kier molecular flexibility index (Phi) is 6.68. The Morgan fingerprint density at radius 2 is 1.81 bits per heavy atom. The van der Waals surface area contributed by atoms with Crippen LogP contribution in [0, 0.1) is 0 Å². The molecule has 2 aromatic rings. The van der Waals surface area contributed by atoms with Crippen molar-refractivity contribution in [2.45, 2.75) is 25.7 Å². The molecule has 144 valence electrons. The maximum absolute atomic E-state index is 12.3. The van der Waals surface area contributed by atoms with Crippen LogP contribution in [-0.2, 0) is 9.59 Å². The van der Waals surface area contributed by atoms with Crippen LogP contribution in [0.3, 0.4) is 0 Å². The number of carbonyl (C=O) groups excluding carboxylic acids is 2. The van der Waals surface area contributed by atoms with Crippen molar-refractivity contribution in [2.75, 3.05) is 5.32 Å². The number of alkyl halides is 3. The fraction of sp³-hybridized carbons (Fsp3) is 0.222. The van der Waals surface area contributed by atoms with Crippen molar-refractivity contribution in [1.82, 2.24) is 5.32 Å². The second kappa shape index (κ2) is 8.77. The minimum Gasteiger partial charge on any atom is -0.406 e. The third-order valence-electron chi connectivity index (χ3n) is 3.39. The number of anilines is 1. The average Bonchev–Trinajstić information content (AvgIpc) is 2.53. The van der Waals surface area contributed by atoms with Gasteiger partial charge >= 0.3 is 6.36 Å². The van der Waals surface area contributed by atoms with Gasteiger partial charge in [-0.2, -0.15) is 0 Å². The standard InChI is InChI=1S/C18H16ClF3N2O3/c1-11(25)23-16(12-5-7-13(19)8-6-12)10-17(26)24-14-3-2-4-15(9-14)27-18(20,21)22/h2-9,16H,10H2,1H3,(H,23,25)(H,24,26)/t16-/m0/s1. The molecule has 2 N–H and O–H groups in total. The van der Waals surface area contributed by atoms with Crippen molar-refractivity contribution in [3.05, 3.63) is 59.1 Å². The monoisotopic (exact) mass is 400 g/mol. The third-order valence-corrected chi connectivity index (χ3v) is 3.64. The number of benzene rings is 2. The summed E-state index contributed by atoms with van der Waals surface area (Å²) in [5.41, 5.74) is 0.804. The molecular weight excluding hydrogens is 385 g/mol. The van der Waals surface area contributed by atoms with E-state index in [2.05, 4.69) is 15.4 Å². The molecule has 27 heavy (non-hydrogen) atoms. The normalized spacial score (nSPS) is 12.2. The van der Waals surface area contributed by atoms with E-state index in [9.17, 15) is 22.8 Å². The summed E-state index contributed by atoms with van der Waals surface area (Å²) in [5, 5.41) is 5.65. The van der Waals surface area contributed by atoms with Crippen molar-refractivity contribution in [3.63, 3.8) is 0 Å². The van der Waals surface area contributed by atoms with Crippen molar-refractivity contribution in [3.8, 4) is 5.75 Å². The summed E-state index contributed by atoms with van der Waals surface area (Å²) in [4.78, 5) is 23.7. The zero-order chi connectivity index (χ0) is 20.0. The molecule has 0 aromatic heterocycles. The summed E-state index contributed by atoms with van der Waals surface area (Å²) >= 11 is 5.84. The quantitative estimate of drug-likeness (QED) is 0.753. The van der Waals surface area contributed by atoms with Gasteiger partial charge in [0.2, 0.25) is 11.8 Å². The van der Waals surface area contributed by atoms with Crippen LogP contribution in [0.2, 0.25) is 5.02 Å². The van der Waals surface area contributed by atoms with E-state index < -0.39 is 24.1 Å². The fourth-order valence-corrected chi connectivity index (χ4v) is 2.49. The fourth-order valence-electron chi connectivity index (χ4n) is 2.36. The van der Waals surface area contributed by atoms with Gasteiger partial charge in [0.05, 0.1) is 12.5 Å². The highest BCUT2D eigenvalue weighted by Crippen LogP contribution is 2.26. The van der Waals surface area contributed by atoms with E-state index in [1.54, 1.807) is 24.3 Å². The van der Waals surface area contributed by atoms with E-state index in [4.69, 9.17) is 11.6 Å². The molecule has 0 aliphatic carbocycles. The number of amides is 2. The molecule has 0 saturated carbocycles. The molecule has 9 heteroatoms. The Hall–Kier alpha value is -2.74. The first kappa shape index (κ1) is 20.6. The summed E-state index contributed by atoms with van der Waals surface area (Å²) in [7, 11) is 0. The van der Waals surface area contributed by atoms with Crippen LogP contribution in [-0.4, -0.2) is 18.2 Å². The van der Waals surface area contributed by atoms with Gasteiger partial charge in [-0.3, -0.25) is 9.59 Å². The van der Waals surface area contributed by atoms with Crippen LogP contribution in [0.1, 0.15) is 24.9 Å². The number of ether oxygens (including phenoxy) is 1. The van der Waals surface area contributed by atoms with Gasteiger partial charge in [-0.25, -0.2) is 0 Å². The number of rotatable bonds is 6. The Morgan fingerprint density at radius 1 is 1.15 bits per heavy atom. The predicted octanol–water partition coefficient (Wildman–Crippen LogP) is 4.44. The maximum Gasteiger partial charge on any atom is 0.573 e. The highest BCUT2D eigenvalue weighted by molar-refractivity contribution is 6.30. The van der Waals surface area contributed by atoms with Gasteiger partial charge in [-0.05, 0) is 29.8 Å². The minimum absolute atomic E-state index is 0.119. The molecule has 0 heterocycles. The highest BCUT2D eigenvalue weighted by atomic mass is 35.5. The average molecular weight is 401 g/mol. The van der Waals surface area contributed by atoms with E-state index in [-0.39, 0.29) is 18.0 Å². The zero-order valence-electron chi connectivity index (χ0n) is 14.1. The van der Waals surface area contributed by atoms with Crippen LogP contribution < -0.4 is 15.4 Å². The lowest BCUT2D eigenvalue weighted by atomic mass is 10.0. The molecule has 2 aromatic carbocycles. The van der Waals surface area contributed by atoms with E-state index >= 15 is 0 Å². The first-order valence-corrected chi connectivity index (χ1v) is 8.18. The predicted molar refractivity (Wildman–Crippen MR) is 94.4 cm³/mol. The Bertz CT molecular complexity index is 810. The second-order valence-corrected chi connectivity index (χ2v) is 6.07. The molecule has 0 saturated heterocycles. The molecule has 0 bridgehead atoms. The van der Waals surface area contributed by atoms with Gasteiger partial charge < -0.3 is 15.4 Å². The summed E-state index contributed by atoms with van der Waals surface area (Å²) < 4.78 is 40.7. The molecule has 2 rings (SSSR count). The molecule has 2 amide bonds. The molecule has 0 fully saturated rings. The lowest BCUT2D eigenvalue weighted by molar-refractivity contribution is -0.274. The van der Waals surface area contributed by atoms with E-state index in [1.165, 1.54) is 19.1 Å². The molecule has 0 aliphatic heterocycles. The van der Waals surface area contributed by atoms with Gasteiger partial charge in [-0.1, -0.05) is 29.8 Å². The molecule has 0 unspecified atom stereocenters. The first-order valence-electron chi connectivity index (χ1n) is 7.80. The number of hydrogen-bond acceptors (Lipinski definition) is 3. The SMILES string of the molecule is CC(=O)N[C@@H](CC(=O)Nc1cccc(OC(F)(F)F)c1)c1ccc(Cl)cc1. The molecule has 0 aliphatic rings. The van der Waals surface area contributed by atoms with Gasteiger partial charge in [-0.15, -0.1) is 13.2 Å². The number of nitrogens with one attached hydrogen (secondary N) is 2. The smallest absolute Gasteiger partial charge is 0.406 e. The zero-order valence-corrected chi connectivity index (χ0v) is 14.9. The molecular formula is C18H16ClF3N2O3. The largest absolute Gasteiger partial charge is 0.573 e. The molecule has 1 atom stereocenters. The van der Waals surface area contributed by atoms with Crippen LogP contribution in [0.15, 0.2) is 48.5 Å². The Labute approximate surface area is 158 Å². The summed E-state index contributed by atoms with van der Waals surface area (Å²) in [6.45, 7) is 1.32. The maximum atomic E-state index is 12.3. The van der Waals surface area contributed by atoms with Crippen molar-refractivity contribution >= 4 is 29.1 Å². The molecule has 0 spiro atoms. The van der Waals surface area contributed by atoms with Gasteiger partial charge in [0.25, 0.3) is 0 Å². The lowest BCUT2D eigenvalue weighted by Gasteiger charge is -2.18. The Morgan fingerprint density at radius 3 is 2.41 bits per heavy atom. The lowest BCUT2D eigenvalue weighted by Crippen LogP contribution is -2.29. The van der Waals surface area contributed by atoms with Crippen molar-refractivity contribution in [2.24, 2.45) is 0 Å². The van der Waals surface area contributed by atoms with E-state index in [0.717, 1.165) is 12.1 Å². The van der Waals surface area contributed by atoms with Crippen molar-refractivity contribution < 1.29 is 27.5 Å². The second-order valence-electron chi connectivity index (χ2n) is 5.63. The number of hydrogen-bond donors (Lipinski definition) is 2. The van der Waals surface area contributed by atoms with Crippen LogP contribution in [0.25, 0.3) is 0 Å². The van der Waals surface area contributed by atoms with Gasteiger partial charge in [0.15, 0.2) is 0 Å². The third kappa shape index (κ3) is 7.18. The van der Waals surface area contributed by atoms with E-state index in [0.29, 0.717) is 10.6 Å². The summed E-state index contributed by atoms with van der Waals surface area (Å²) in [6.07, 6.45) is -4.95. The Balaban J connectivity index is 2.08. The minimum atomic E-state index is -4.83. The summed E-state index contributed by atoms with van der Waals surface area (Å²) in [6, 6.07) is 10.9. The topological polar surface area (TPSA) is 67.4 Å². The van der Waals surface area contributed by atoms with Crippen LogP contribution in [0.4, 0.5) is 18.9 Å². The molecule has 5 nitrogen and oxygen atoms in total.